The molecule has 0 aliphatic heterocycles. The summed E-state index contributed by atoms with van der Waals surface area (Å²) in [4.78, 5) is 24.4. The van der Waals surface area contributed by atoms with Gasteiger partial charge in [0.2, 0.25) is 5.76 Å². The second-order valence-corrected chi connectivity index (χ2v) is 5.81. The first-order valence-electron chi connectivity index (χ1n) is 7.63. The summed E-state index contributed by atoms with van der Waals surface area (Å²) in [6.45, 7) is -0.0679. The highest BCUT2D eigenvalue weighted by Gasteiger charge is 2.15. The molecular formula is C19H15ClO6. The van der Waals surface area contributed by atoms with E-state index in [4.69, 9.17) is 30.2 Å². The van der Waals surface area contributed by atoms with Crippen LogP contribution in [-0.4, -0.2) is 20.2 Å². The van der Waals surface area contributed by atoms with Gasteiger partial charge in [0.15, 0.2) is 5.43 Å². The second-order valence-electron chi connectivity index (χ2n) is 5.37. The van der Waals surface area contributed by atoms with Crippen LogP contribution in [0.15, 0.2) is 51.7 Å². The van der Waals surface area contributed by atoms with Gasteiger partial charge in [0, 0.05) is 16.7 Å². The van der Waals surface area contributed by atoms with Gasteiger partial charge in [-0.3, -0.25) is 4.79 Å². The van der Waals surface area contributed by atoms with Crippen LogP contribution in [0.2, 0.25) is 5.02 Å². The lowest BCUT2D eigenvalue weighted by Crippen LogP contribution is -2.10. The summed E-state index contributed by atoms with van der Waals surface area (Å²) in [5.41, 5.74) is 0.502. The van der Waals surface area contributed by atoms with Gasteiger partial charge in [-0.05, 0) is 36.4 Å². The van der Waals surface area contributed by atoms with Gasteiger partial charge in [-0.2, -0.15) is 0 Å². The molecule has 0 amide bonds. The minimum atomic E-state index is -0.760. The largest absolute Gasteiger partial charge is 0.497 e. The van der Waals surface area contributed by atoms with Crippen molar-refractivity contribution in [2.24, 2.45) is 0 Å². The summed E-state index contributed by atoms with van der Waals surface area (Å²) in [6.07, 6.45) is 0. The molecule has 6 nitrogen and oxygen atoms in total. The highest BCUT2D eigenvalue weighted by atomic mass is 35.5. The molecule has 1 aromatic heterocycles. The van der Waals surface area contributed by atoms with Crippen molar-refractivity contribution in [1.29, 1.82) is 0 Å². The van der Waals surface area contributed by atoms with Gasteiger partial charge in [-0.1, -0.05) is 11.6 Å². The fraction of sp³-hybridized carbons (Fsp3) is 0.158. The molecular weight excluding hydrogens is 360 g/mol. The molecule has 0 saturated carbocycles. The molecule has 3 rings (SSSR count). The normalized spacial score (nSPS) is 10.6. The minimum absolute atomic E-state index is 0.0679. The number of rotatable bonds is 5. The Labute approximate surface area is 153 Å². The van der Waals surface area contributed by atoms with Crippen molar-refractivity contribution < 1.29 is 23.4 Å². The molecule has 0 radical (unpaired) electrons. The zero-order chi connectivity index (χ0) is 18.7. The molecule has 26 heavy (non-hydrogen) atoms. The number of halogens is 1. The number of carbonyl (C=O) groups excluding carboxylic acids is 1. The third-order valence-electron chi connectivity index (χ3n) is 3.74. The molecule has 0 unspecified atom stereocenters. The molecule has 0 atom stereocenters. The first kappa shape index (κ1) is 17.8. The van der Waals surface area contributed by atoms with E-state index in [0.29, 0.717) is 27.5 Å². The van der Waals surface area contributed by atoms with E-state index in [1.165, 1.54) is 26.4 Å². The van der Waals surface area contributed by atoms with E-state index >= 15 is 0 Å². The Morgan fingerprint density at radius 2 is 1.88 bits per heavy atom. The lowest BCUT2D eigenvalue weighted by molar-refractivity contribution is 0.0434. The number of benzene rings is 2. The molecule has 0 spiro atoms. The number of fused-ring (bicyclic) bond motifs is 1. The number of hydrogen-bond donors (Lipinski definition) is 0. The molecule has 7 heteroatoms. The molecule has 0 bridgehead atoms. The molecule has 3 aromatic rings. The third-order valence-corrected chi connectivity index (χ3v) is 3.97. The van der Waals surface area contributed by atoms with Crippen molar-refractivity contribution >= 4 is 28.5 Å². The lowest BCUT2D eigenvalue weighted by atomic mass is 10.2. The Bertz CT molecular complexity index is 1020. The van der Waals surface area contributed by atoms with Crippen molar-refractivity contribution in [3.05, 3.63) is 69.0 Å². The fourth-order valence-electron chi connectivity index (χ4n) is 2.44. The summed E-state index contributed by atoms with van der Waals surface area (Å²) in [6, 6.07) is 10.8. The SMILES string of the molecule is COc1ccc(OC)c(COC(=O)c2cc(=O)c3cc(Cl)ccc3o2)c1. The summed E-state index contributed by atoms with van der Waals surface area (Å²) in [7, 11) is 3.05. The predicted molar refractivity (Wildman–Crippen MR) is 96.2 cm³/mol. The maximum Gasteiger partial charge on any atom is 0.374 e. The van der Waals surface area contributed by atoms with E-state index in [1.807, 2.05) is 0 Å². The van der Waals surface area contributed by atoms with Gasteiger partial charge < -0.3 is 18.6 Å². The average molecular weight is 375 g/mol. The molecule has 0 N–H and O–H groups in total. The molecule has 134 valence electrons. The number of carbonyl (C=O) groups is 1. The van der Waals surface area contributed by atoms with E-state index in [0.717, 1.165) is 6.07 Å². The summed E-state index contributed by atoms with van der Waals surface area (Å²) >= 11 is 5.87. The Kier molecular flexibility index (Phi) is 5.14. The number of ether oxygens (including phenoxy) is 3. The zero-order valence-corrected chi connectivity index (χ0v) is 14.8. The van der Waals surface area contributed by atoms with Crippen LogP contribution in [0.5, 0.6) is 11.5 Å². The van der Waals surface area contributed by atoms with Crippen molar-refractivity contribution in [2.75, 3.05) is 14.2 Å². The van der Waals surface area contributed by atoms with Crippen LogP contribution >= 0.6 is 11.6 Å². The third kappa shape index (κ3) is 3.65. The fourth-order valence-corrected chi connectivity index (χ4v) is 2.61. The van der Waals surface area contributed by atoms with Gasteiger partial charge >= 0.3 is 5.97 Å². The van der Waals surface area contributed by atoms with Crippen LogP contribution < -0.4 is 14.9 Å². The summed E-state index contributed by atoms with van der Waals surface area (Å²) in [5, 5.41) is 0.703. The van der Waals surface area contributed by atoms with Crippen molar-refractivity contribution in [3.63, 3.8) is 0 Å². The number of esters is 1. The Morgan fingerprint density at radius 3 is 2.62 bits per heavy atom. The van der Waals surface area contributed by atoms with Gasteiger partial charge in [-0.25, -0.2) is 4.79 Å². The topological polar surface area (TPSA) is 75.0 Å². The van der Waals surface area contributed by atoms with Crippen LogP contribution in [0.1, 0.15) is 16.1 Å². The second kappa shape index (κ2) is 7.49. The summed E-state index contributed by atoms with van der Waals surface area (Å²) < 4.78 is 21.1. The lowest BCUT2D eigenvalue weighted by Gasteiger charge is -2.11. The van der Waals surface area contributed by atoms with Gasteiger partial charge in [-0.15, -0.1) is 0 Å². The monoisotopic (exact) mass is 374 g/mol. The first-order chi connectivity index (χ1) is 12.5. The molecule has 0 aliphatic carbocycles. The van der Waals surface area contributed by atoms with E-state index in [-0.39, 0.29) is 23.4 Å². The maximum absolute atomic E-state index is 12.3. The molecule has 1 heterocycles. The highest BCUT2D eigenvalue weighted by molar-refractivity contribution is 6.31. The van der Waals surface area contributed by atoms with Gasteiger partial charge in [0.05, 0.1) is 19.6 Å². The van der Waals surface area contributed by atoms with Crippen LogP contribution in [0.3, 0.4) is 0 Å². The van der Waals surface area contributed by atoms with Gasteiger partial charge in [0.25, 0.3) is 0 Å². The van der Waals surface area contributed by atoms with Crippen molar-refractivity contribution in [1.82, 2.24) is 0 Å². The van der Waals surface area contributed by atoms with Crippen molar-refractivity contribution in [2.45, 2.75) is 6.61 Å². The summed E-state index contributed by atoms with van der Waals surface area (Å²) in [5.74, 6) is 0.203. The quantitative estimate of drug-likeness (QED) is 0.632. The Hall–Kier alpha value is -2.99. The van der Waals surface area contributed by atoms with E-state index in [2.05, 4.69) is 0 Å². The smallest absolute Gasteiger partial charge is 0.374 e. The van der Waals surface area contributed by atoms with Gasteiger partial charge in [0.1, 0.15) is 23.7 Å². The Balaban J connectivity index is 1.84. The standard InChI is InChI=1S/C19H15ClO6/c1-23-13-4-6-16(24-2)11(7-13)10-25-19(22)18-9-15(21)14-8-12(20)3-5-17(14)26-18/h3-9H,10H2,1-2H3. The number of methoxy groups -OCH3 is 2. The first-order valence-corrected chi connectivity index (χ1v) is 8.01. The Morgan fingerprint density at radius 1 is 1.08 bits per heavy atom. The maximum atomic E-state index is 12.3. The molecule has 2 aromatic carbocycles. The zero-order valence-electron chi connectivity index (χ0n) is 14.1. The molecule has 0 saturated heterocycles. The van der Waals surface area contributed by atoms with Crippen LogP contribution in [-0.2, 0) is 11.3 Å². The van der Waals surface area contributed by atoms with Crippen molar-refractivity contribution in [3.8, 4) is 11.5 Å². The van der Waals surface area contributed by atoms with Crippen LogP contribution in [0, 0.1) is 0 Å². The molecule has 0 fully saturated rings. The number of hydrogen-bond acceptors (Lipinski definition) is 6. The predicted octanol–water partition coefficient (Wildman–Crippen LogP) is 3.82. The highest BCUT2D eigenvalue weighted by Crippen LogP contribution is 2.25. The van der Waals surface area contributed by atoms with Crippen LogP contribution in [0.25, 0.3) is 11.0 Å². The average Bonchev–Trinajstić information content (AvgIpc) is 2.66. The van der Waals surface area contributed by atoms with Crippen LogP contribution in [0.4, 0.5) is 0 Å². The molecule has 0 aliphatic rings. The van der Waals surface area contributed by atoms with E-state index in [1.54, 1.807) is 24.3 Å². The van der Waals surface area contributed by atoms with E-state index in [9.17, 15) is 9.59 Å². The van der Waals surface area contributed by atoms with E-state index < -0.39 is 5.97 Å². The minimum Gasteiger partial charge on any atom is -0.497 e.